The lowest BCUT2D eigenvalue weighted by Crippen LogP contribution is -2.43. The Bertz CT molecular complexity index is 188. The van der Waals surface area contributed by atoms with Gasteiger partial charge in [-0.25, -0.2) is 0 Å². The molecule has 0 bridgehead atoms. The minimum absolute atomic E-state index is 0.0543. The van der Waals surface area contributed by atoms with Gasteiger partial charge >= 0.3 is 0 Å². The molecule has 1 fully saturated rings. The minimum Gasteiger partial charge on any atom is -0.344 e. The van der Waals surface area contributed by atoms with Crippen molar-refractivity contribution in [3.05, 3.63) is 0 Å². The summed E-state index contributed by atoms with van der Waals surface area (Å²) in [6.07, 6.45) is 5.28. The molecule has 1 N–H and O–H groups in total. The highest BCUT2D eigenvalue weighted by atomic mass is 16.2. The maximum absolute atomic E-state index is 11.7. The van der Waals surface area contributed by atoms with Crippen LogP contribution >= 0.6 is 0 Å². The highest BCUT2D eigenvalue weighted by Gasteiger charge is 2.21. The van der Waals surface area contributed by atoms with Crippen LogP contribution < -0.4 is 5.32 Å². The number of carbonyl (C=O) groups is 1. The second kappa shape index (κ2) is 5.35. The van der Waals surface area contributed by atoms with Crippen LogP contribution in [0.1, 0.15) is 32.6 Å². The molecule has 0 spiro atoms. The van der Waals surface area contributed by atoms with Gasteiger partial charge in [0.05, 0.1) is 6.04 Å². The molecule has 3 nitrogen and oxygen atoms in total. The first-order valence-corrected chi connectivity index (χ1v) is 5.57. The van der Waals surface area contributed by atoms with Crippen molar-refractivity contribution in [3.63, 3.8) is 0 Å². The molecular weight excluding hydrogens is 176 g/mol. The van der Waals surface area contributed by atoms with E-state index in [0.29, 0.717) is 0 Å². The largest absolute Gasteiger partial charge is 0.344 e. The van der Waals surface area contributed by atoms with E-state index in [1.807, 2.05) is 25.9 Å². The number of hydrogen-bond donors (Lipinski definition) is 1. The van der Waals surface area contributed by atoms with Gasteiger partial charge in [-0.05, 0) is 32.7 Å². The van der Waals surface area contributed by atoms with Gasteiger partial charge in [0.2, 0.25) is 5.91 Å². The van der Waals surface area contributed by atoms with Crippen LogP contribution in [0.4, 0.5) is 0 Å². The summed E-state index contributed by atoms with van der Waals surface area (Å²) in [4.78, 5) is 13.6. The van der Waals surface area contributed by atoms with E-state index >= 15 is 0 Å². The van der Waals surface area contributed by atoms with E-state index in [4.69, 9.17) is 0 Å². The first-order chi connectivity index (χ1) is 6.65. The van der Waals surface area contributed by atoms with Gasteiger partial charge in [0.15, 0.2) is 0 Å². The lowest BCUT2D eigenvalue weighted by Gasteiger charge is -2.24. The molecule has 1 rings (SSSR count). The van der Waals surface area contributed by atoms with Crippen molar-refractivity contribution >= 4 is 5.91 Å². The van der Waals surface area contributed by atoms with Crippen LogP contribution in [-0.4, -0.2) is 37.5 Å². The zero-order valence-corrected chi connectivity index (χ0v) is 9.55. The van der Waals surface area contributed by atoms with Crippen LogP contribution in [0.5, 0.6) is 0 Å². The maximum atomic E-state index is 11.7. The third-order valence-corrected chi connectivity index (χ3v) is 3.19. The summed E-state index contributed by atoms with van der Waals surface area (Å²) in [5.41, 5.74) is 0. The van der Waals surface area contributed by atoms with Crippen molar-refractivity contribution in [1.82, 2.24) is 10.2 Å². The molecule has 1 aliphatic rings. The van der Waals surface area contributed by atoms with Crippen molar-refractivity contribution < 1.29 is 4.79 Å². The number of amides is 1. The van der Waals surface area contributed by atoms with Crippen molar-refractivity contribution in [3.8, 4) is 0 Å². The fraction of sp³-hybridized carbons (Fsp3) is 0.909. The number of rotatable bonds is 4. The highest BCUT2D eigenvalue weighted by Crippen LogP contribution is 2.25. The minimum atomic E-state index is -0.0543. The van der Waals surface area contributed by atoms with Crippen molar-refractivity contribution in [2.24, 2.45) is 5.92 Å². The summed E-state index contributed by atoms with van der Waals surface area (Å²) in [7, 11) is 3.74. The molecule has 1 unspecified atom stereocenters. The van der Waals surface area contributed by atoms with Crippen LogP contribution in [-0.2, 0) is 4.79 Å². The van der Waals surface area contributed by atoms with Crippen molar-refractivity contribution in [2.75, 3.05) is 20.6 Å². The lowest BCUT2D eigenvalue weighted by atomic mass is 10.1. The molecule has 3 heteroatoms. The summed E-state index contributed by atoms with van der Waals surface area (Å²) < 4.78 is 0. The van der Waals surface area contributed by atoms with Crippen LogP contribution in [0.3, 0.4) is 0 Å². The van der Waals surface area contributed by atoms with E-state index in [9.17, 15) is 4.79 Å². The van der Waals surface area contributed by atoms with E-state index in [2.05, 4.69) is 5.32 Å². The average Bonchev–Trinajstić information content (AvgIpc) is 2.68. The number of nitrogens with zero attached hydrogens (tertiary/aromatic N) is 1. The van der Waals surface area contributed by atoms with Crippen molar-refractivity contribution in [2.45, 2.75) is 38.6 Å². The smallest absolute Gasteiger partial charge is 0.239 e. The molecule has 14 heavy (non-hydrogen) atoms. The zero-order chi connectivity index (χ0) is 10.6. The van der Waals surface area contributed by atoms with Crippen molar-refractivity contribution in [1.29, 1.82) is 0 Å². The summed E-state index contributed by atoms with van der Waals surface area (Å²) in [5.74, 6) is 0.951. The Morgan fingerprint density at radius 2 is 2.07 bits per heavy atom. The topological polar surface area (TPSA) is 32.3 Å². The summed E-state index contributed by atoms with van der Waals surface area (Å²) in [6, 6.07) is -0.0543. The number of likely N-dealkylation sites (N-methyl/N-ethyl adjacent to an activating group) is 2. The quantitative estimate of drug-likeness (QED) is 0.737. The van der Waals surface area contributed by atoms with E-state index < -0.39 is 0 Å². The molecule has 0 aromatic rings. The Hall–Kier alpha value is -0.570. The molecule has 1 amide bonds. The molecule has 82 valence electrons. The zero-order valence-electron chi connectivity index (χ0n) is 9.55. The lowest BCUT2D eigenvalue weighted by molar-refractivity contribution is -0.132. The van der Waals surface area contributed by atoms with E-state index in [1.165, 1.54) is 25.7 Å². The standard InChI is InChI=1S/C11H22N2O/c1-9(12-2)11(14)13(3)8-10-6-4-5-7-10/h9-10,12H,4-8H2,1-3H3. The monoisotopic (exact) mass is 198 g/mol. The van der Waals surface area contributed by atoms with Crippen LogP contribution in [0.15, 0.2) is 0 Å². The Morgan fingerprint density at radius 1 is 1.50 bits per heavy atom. The Balaban J connectivity index is 2.32. The fourth-order valence-electron chi connectivity index (χ4n) is 2.12. The molecule has 0 aromatic carbocycles. The predicted molar refractivity (Wildman–Crippen MR) is 58.1 cm³/mol. The van der Waals surface area contributed by atoms with E-state index in [0.717, 1.165) is 12.5 Å². The third kappa shape index (κ3) is 2.98. The molecule has 0 aliphatic heterocycles. The van der Waals surface area contributed by atoms with Gasteiger partial charge in [0.25, 0.3) is 0 Å². The SMILES string of the molecule is CNC(C)C(=O)N(C)CC1CCCC1. The number of carbonyl (C=O) groups excluding carboxylic acids is 1. The molecule has 1 saturated carbocycles. The normalized spacial score (nSPS) is 19.6. The third-order valence-electron chi connectivity index (χ3n) is 3.19. The van der Waals surface area contributed by atoms with Gasteiger partial charge in [-0.2, -0.15) is 0 Å². The molecule has 0 radical (unpaired) electrons. The van der Waals surface area contributed by atoms with Gasteiger partial charge in [0, 0.05) is 13.6 Å². The van der Waals surface area contributed by atoms with Crippen LogP contribution in [0, 0.1) is 5.92 Å². The number of hydrogen-bond acceptors (Lipinski definition) is 2. The fourth-order valence-corrected chi connectivity index (χ4v) is 2.12. The Morgan fingerprint density at radius 3 is 2.57 bits per heavy atom. The Kier molecular flexibility index (Phi) is 4.39. The predicted octanol–water partition coefficient (Wildman–Crippen LogP) is 1.24. The van der Waals surface area contributed by atoms with E-state index in [-0.39, 0.29) is 11.9 Å². The van der Waals surface area contributed by atoms with Gasteiger partial charge in [-0.1, -0.05) is 12.8 Å². The van der Waals surface area contributed by atoms with Gasteiger partial charge in [-0.15, -0.1) is 0 Å². The molecular formula is C11H22N2O. The van der Waals surface area contributed by atoms with Gasteiger partial charge in [-0.3, -0.25) is 4.79 Å². The maximum Gasteiger partial charge on any atom is 0.239 e. The Labute approximate surface area is 86.9 Å². The molecule has 0 saturated heterocycles. The summed E-state index contributed by atoms with van der Waals surface area (Å²) in [5, 5.41) is 2.98. The highest BCUT2D eigenvalue weighted by molar-refractivity contribution is 5.81. The average molecular weight is 198 g/mol. The first-order valence-electron chi connectivity index (χ1n) is 5.57. The summed E-state index contributed by atoms with van der Waals surface area (Å²) >= 11 is 0. The van der Waals surface area contributed by atoms with Gasteiger partial charge < -0.3 is 10.2 Å². The molecule has 1 atom stereocenters. The molecule has 0 heterocycles. The van der Waals surface area contributed by atoms with Crippen LogP contribution in [0.25, 0.3) is 0 Å². The molecule has 1 aliphatic carbocycles. The first kappa shape index (κ1) is 11.5. The van der Waals surface area contributed by atoms with E-state index in [1.54, 1.807) is 0 Å². The second-order valence-corrected chi connectivity index (χ2v) is 4.38. The summed E-state index contributed by atoms with van der Waals surface area (Å²) in [6.45, 7) is 2.85. The van der Waals surface area contributed by atoms with Crippen LogP contribution in [0.2, 0.25) is 0 Å². The molecule has 0 aromatic heterocycles. The van der Waals surface area contributed by atoms with Gasteiger partial charge in [0.1, 0.15) is 0 Å². The second-order valence-electron chi connectivity index (χ2n) is 4.38. The number of nitrogens with one attached hydrogen (secondary N) is 1.